The van der Waals surface area contributed by atoms with Crippen molar-refractivity contribution >= 4 is 28.5 Å². The first-order valence-corrected chi connectivity index (χ1v) is 8.96. The van der Waals surface area contributed by atoms with Crippen molar-refractivity contribution in [3.63, 3.8) is 0 Å². The molecule has 1 aliphatic heterocycles. The summed E-state index contributed by atoms with van der Waals surface area (Å²) < 4.78 is 57.6. The van der Waals surface area contributed by atoms with Crippen molar-refractivity contribution in [2.45, 2.75) is 43.9 Å². The molecule has 1 heterocycles. The SMILES string of the molecule is CCC1(C(F)(F)F)C=Cc2cc(Cl)c(S(=O)CC(C)C)cc2O1. The second-order valence-electron chi connectivity index (χ2n) is 5.90. The summed E-state index contributed by atoms with van der Waals surface area (Å²) in [6.45, 7) is 5.24. The number of rotatable bonds is 4. The van der Waals surface area contributed by atoms with Gasteiger partial charge in [0, 0.05) is 11.3 Å². The quantitative estimate of drug-likeness (QED) is 0.730. The van der Waals surface area contributed by atoms with Crippen LogP contribution in [0.3, 0.4) is 0 Å². The first-order valence-electron chi connectivity index (χ1n) is 7.26. The Labute approximate surface area is 141 Å². The Morgan fingerprint density at radius 2 is 2.00 bits per heavy atom. The van der Waals surface area contributed by atoms with Crippen LogP contribution in [-0.4, -0.2) is 21.7 Å². The fraction of sp³-hybridized carbons (Fsp3) is 0.500. The number of hydrogen-bond donors (Lipinski definition) is 0. The molecule has 2 nitrogen and oxygen atoms in total. The Balaban J connectivity index is 2.45. The van der Waals surface area contributed by atoms with Crippen LogP contribution in [-0.2, 0) is 10.8 Å². The molecule has 1 aromatic rings. The molecular formula is C16H18ClF3O2S. The van der Waals surface area contributed by atoms with Crippen LogP contribution in [0.4, 0.5) is 13.2 Å². The molecule has 0 radical (unpaired) electrons. The molecule has 23 heavy (non-hydrogen) atoms. The highest BCUT2D eigenvalue weighted by molar-refractivity contribution is 7.85. The number of ether oxygens (including phenoxy) is 1. The minimum absolute atomic E-state index is 0.0585. The normalized spacial score (nSPS) is 21.9. The molecule has 0 saturated heterocycles. The van der Waals surface area contributed by atoms with Crippen LogP contribution in [0.1, 0.15) is 32.8 Å². The van der Waals surface area contributed by atoms with Crippen LogP contribution >= 0.6 is 11.6 Å². The van der Waals surface area contributed by atoms with E-state index in [1.807, 2.05) is 13.8 Å². The summed E-state index contributed by atoms with van der Waals surface area (Å²) in [5, 5.41) is 0.270. The van der Waals surface area contributed by atoms with Gasteiger partial charge in [0.2, 0.25) is 5.60 Å². The van der Waals surface area contributed by atoms with Gasteiger partial charge >= 0.3 is 6.18 Å². The van der Waals surface area contributed by atoms with Crippen molar-refractivity contribution in [1.29, 1.82) is 0 Å². The fourth-order valence-corrected chi connectivity index (χ4v) is 4.06. The highest BCUT2D eigenvalue weighted by Crippen LogP contribution is 2.44. The van der Waals surface area contributed by atoms with Gasteiger partial charge < -0.3 is 4.74 Å². The molecule has 7 heteroatoms. The molecule has 0 aliphatic carbocycles. The van der Waals surface area contributed by atoms with Gasteiger partial charge in [-0.05, 0) is 30.5 Å². The molecule has 0 spiro atoms. The van der Waals surface area contributed by atoms with Gasteiger partial charge in [-0.2, -0.15) is 13.2 Å². The predicted octanol–water partition coefficient (Wildman–Crippen LogP) is 5.22. The zero-order valence-electron chi connectivity index (χ0n) is 13.0. The van der Waals surface area contributed by atoms with Crippen molar-refractivity contribution in [3.8, 4) is 5.75 Å². The van der Waals surface area contributed by atoms with Gasteiger partial charge in [0.25, 0.3) is 0 Å². The van der Waals surface area contributed by atoms with Crippen LogP contribution in [0.25, 0.3) is 6.08 Å². The van der Waals surface area contributed by atoms with E-state index < -0.39 is 22.6 Å². The third-order valence-electron chi connectivity index (χ3n) is 3.62. The van der Waals surface area contributed by atoms with Gasteiger partial charge in [0.15, 0.2) is 0 Å². The number of fused-ring (bicyclic) bond motifs is 1. The van der Waals surface area contributed by atoms with Crippen molar-refractivity contribution in [1.82, 2.24) is 0 Å². The third-order valence-corrected chi connectivity index (χ3v) is 5.85. The zero-order valence-corrected chi connectivity index (χ0v) is 14.6. The highest BCUT2D eigenvalue weighted by atomic mass is 35.5. The number of alkyl halides is 3. The second kappa shape index (κ2) is 6.48. The van der Waals surface area contributed by atoms with E-state index in [1.165, 1.54) is 25.1 Å². The first kappa shape index (κ1) is 18.3. The first-order chi connectivity index (χ1) is 10.6. The molecule has 2 unspecified atom stereocenters. The number of benzene rings is 1. The van der Waals surface area contributed by atoms with E-state index in [1.54, 1.807) is 0 Å². The predicted molar refractivity (Wildman–Crippen MR) is 86.3 cm³/mol. The van der Waals surface area contributed by atoms with Gasteiger partial charge in [0.05, 0.1) is 20.7 Å². The monoisotopic (exact) mass is 366 g/mol. The zero-order chi connectivity index (χ0) is 17.4. The minimum Gasteiger partial charge on any atom is -0.473 e. The summed E-state index contributed by atoms with van der Waals surface area (Å²) >= 11 is 6.13. The van der Waals surface area contributed by atoms with Crippen LogP contribution in [0.15, 0.2) is 23.1 Å². The van der Waals surface area contributed by atoms with Crippen LogP contribution in [0.2, 0.25) is 5.02 Å². The fourth-order valence-electron chi connectivity index (χ4n) is 2.33. The van der Waals surface area contributed by atoms with Crippen LogP contribution in [0, 0.1) is 5.92 Å². The average Bonchev–Trinajstić information content (AvgIpc) is 2.44. The third kappa shape index (κ3) is 3.58. The summed E-state index contributed by atoms with van der Waals surface area (Å²) in [5.74, 6) is 0.615. The van der Waals surface area contributed by atoms with Gasteiger partial charge in [-0.15, -0.1) is 0 Å². The number of halogens is 4. The molecule has 1 aromatic carbocycles. The molecule has 2 atom stereocenters. The van der Waals surface area contributed by atoms with Gasteiger partial charge in [-0.3, -0.25) is 4.21 Å². The molecule has 0 fully saturated rings. The lowest BCUT2D eigenvalue weighted by molar-refractivity contribution is -0.230. The van der Waals surface area contributed by atoms with Crippen LogP contribution in [0.5, 0.6) is 5.75 Å². The topological polar surface area (TPSA) is 26.3 Å². The summed E-state index contributed by atoms with van der Waals surface area (Å²) in [4.78, 5) is 0.307. The van der Waals surface area contributed by atoms with Crippen molar-refractivity contribution in [2.75, 3.05) is 5.75 Å². The summed E-state index contributed by atoms with van der Waals surface area (Å²) in [6.07, 6.45) is -2.42. The molecule has 1 aliphatic rings. The van der Waals surface area contributed by atoms with E-state index in [0.29, 0.717) is 16.2 Å². The smallest absolute Gasteiger partial charge is 0.432 e. The maximum absolute atomic E-state index is 13.3. The lowest BCUT2D eigenvalue weighted by Crippen LogP contribution is -2.49. The molecule has 0 aromatic heterocycles. The summed E-state index contributed by atoms with van der Waals surface area (Å²) in [6, 6.07) is 2.87. The molecular weight excluding hydrogens is 349 g/mol. The molecule has 0 bridgehead atoms. The van der Waals surface area contributed by atoms with E-state index in [-0.39, 0.29) is 23.1 Å². The van der Waals surface area contributed by atoms with E-state index in [0.717, 1.165) is 6.08 Å². The molecule has 2 rings (SSSR count). The molecule has 0 saturated carbocycles. The van der Waals surface area contributed by atoms with E-state index >= 15 is 0 Å². The minimum atomic E-state index is -4.53. The Morgan fingerprint density at radius 1 is 1.35 bits per heavy atom. The maximum atomic E-state index is 13.3. The highest BCUT2D eigenvalue weighted by Gasteiger charge is 2.55. The van der Waals surface area contributed by atoms with E-state index in [9.17, 15) is 17.4 Å². The van der Waals surface area contributed by atoms with E-state index in [4.69, 9.17) is 16.3 Å². The lowest BCUT2D eigenvalue weighted by atomic mass is 9.95. The largest absolute Gasteiger partial charge is 0.473 e. The second-order valence-corrected chi connectivity index (χ2v) is 7.77. The van der Waals surface area contributed by atoms with Crippen molar-refractivity contribution in [2.24, 2.45) is 5.92 Å². The average molecular weight is 367 g/mol. The summed E-state index contributed by atoms with van der Waals surface area (Å²) in [5.41, 5.74) is -1.90. The number of hydrogen-bond acceptors (Lipinski definition) is 2. The van der Waals surface area contributed by atoms with E-state index in [2.05, 4.69) is 0 Å². The standard InChI is InChI=1S/C16H18ClF3O2S/c1-4-15(16(18,19)20)6-5-11-7-12(17)14(8-13(11)22-15)23(21)9-10(2)3/h5-8,10H,4,9H2,1-3H3. The van der Waals surface area contributed by atoms with Gasteiger partial charge in [-0.1, -0.05) is 38.4 Å². The van der Waals surface area contributed by atoms with Gasteiger partial charge in [0.1, 0.15) is 5.75 Å². The Morgan fingerprint density at radius 3 is 2.52 bits per heavy atom. The molecule has 0 amide bonds. The molecule has 0 N–H and O–H groups in total. The Bertz CT molecular complexity index is 655. The lowest BCUT2D eigenvalue weighted by Gasteiger charge is -2.35. The van der Waals surface area contributed by atoms with Gasteiger partial charge in [-0.25, -0.2) is 0 Å². The van der Waals surface area contributed by atoms with Crippen molar-refractivity contribution < 1.29 is 22.1 Å². The maximum Gasteiger partial charge on any atom is 0.432 e. The Hall–Kier alpha value is -1.01. The Kier molecular flexibility index (Phi) is 5.16. The summed E-state index contributed by atoms with van der Waals surface area (Å²) in [7, 11) is -1.39. The molecule has 128 valence electrons. The van der Waals surface area contributed by atoms with Crippen LogP contribution < -0.4 is 4.74 Å². The van der Waals surface area contributed by atoms with Crippen molar-refractivity contribution in [3.05, 3.63) is 28.8 Å².